The van der Waals surface area contributed by atoms with E-state index >= 15 is 0 Å². The van der Waals surface area contributed by atoms with Gasteiger partial charge in [-0.05, 0) is 12.8 Å². The topological polar surface area (TPSA) is 86.6 Å². The van der Waals surface area contributed by atoms with E-state index in [0.717, 1.165) is 0 Å². The fraction of sp³-hybridized carbons (Fsp3) is 0.714. The van der Waals surface area contributed by atoms with E-state index in [0.29, 0.717) is 32.2 Å². The van der Waals surface area contributed by atoms with Crippen molar-refractivity contribution in [2.45, 2.75) is 45.6 Å². The molecule has 1 amide bonds. The lowest BCUT2D eigenvalue weighted by Crippen LogP contribution is -2.45. The third-order valence-electron chi connectivity index (χ3n) is 2.96. The maximum Gasteiger partial charge on any atom is 0.249 e. The molecule has 0 bridgehead atoms. The fourth-order valence-electron chi connectivity index (χ4n) is 1.42. The van der Waals surface area contributed by atoms with E-state index in [9.17, 15) is 14.7 Å². The Morgan fingerprint density at radius 1 is 1.37 bits per heavy atom. The summed E-state index contributed by atoms with van der Waals surface area (Å²) in [6, 6.07) is 0. The molecule has 0 aromatic carbocycles. The van der Waals surface area contributed by atoms with Crippen LogP contribution in [-0.4, -0.2) is 41.2 Å². The summed E-state index contributed by atoms with van der Waals surface area (Å²) in [5.41, 5.74) is -0.871. The number of carbonyl (C=O) groups excluding carboxylic acids is 2. The Kier molecular flexibility index (Phi) is 8.27. The Morgan fingerprint density at radius 2 is 2.00 bits per heavy atom. The molecular formula is C14H25NO4. The van der Waals surface area contributed by atoms with Crippen molar-refractivity contribution in [3.8, 4) is 0 Å². The zero-order chi connectivity index (χ0) is 14.9. The number of aliphatic hydroxyl groups excluding tert-OH is 2. The van der Waals surface area contributed by atoms with Crippen molar-refractivity contribution in [2.75, 3.05) is 13.2 Å². The molecule has 110 valence electrons. The van der Waals surface area contributed by atoms with Crippen molar-refractivity contribution < 1.29 is 19.8 Å². The van der Waals surface area contributed by atoms with Crippen LogP contribution in [0.15, 0.2) is 12.7 Å². The smallest absolute Gasteiger partial charge is 0.249 e. The highest BCUT2D eigenvalue weighted by Gasteiger charge is 2.32. The lowest BCUT2D eigenvalue weighted by molar-refractivity contribution is -0.137. The number of Topliss-reactive ketones (excluding diaryl/α,β-unsaturated/α-hetero) is 1. The van der Waals surface area contributed by atoms with Gasteiger partial charge in [0, 0.05) is 24.8 Å². The van der Waals surface area contributed by atoms with Gasteiger partial charge in [0.05, 0.1) is 6.61 Å². The van der Waals surface area contributed by atoms with Gasteiger partial charge >= 0.3 is 0 Å². The summed E-state index contributed by atoms with van der Waals surface area (Å²) in [5, 5.41) is 21.3. The van der Waals surface area contributed by atoms with Gasteiger partial charge in [-0.25, -0.2) is 0 Å². The van der Waals surface area contributed by atoms with Gasteiger partial charge in [0.15, 0.2) is 0 Å². The zero-order valence-electron chi connectivity index (χ0n) is 11.8. The number of carbonyl (C=O) groups is 2. The van der Waals surface area contributed by atoms with E-state index in [1.807, 2.05) is 0 Å². The minimum absolute atomic E-state index is 0.144. The highest BCUT2D eigenvalue weighted by Crippen LogP contribution is 2.19. The predicted octanol–water partition coefficient (Wildman–Crippen LogP) is 0.797. The van der Waals surface area contributed by atoms with Gasteiger partial charge in [0.1, 0.15) is 11.9 Å². The van der Waals surface area contributed by atoms with Crippen molar-refractivity contribution in [1.29, 1.82) is 0 Å². The number of hydrogen-bond acceptors (Lipinski definition) is 4. The summed E-state index contributed by atoms with van der Waals surface area (Å²) in [6.45, 7) is 6.83. The third-order valence-corrected chi connectivity index (χ3v) is 2.96. The summed E-state index contributed by atoms with van der Waals surface area (Å²) in [6.07, 6.45) is 2.56. The number of aliphatic hydroxyl groups is 2. The first kappa shape index (κ1) is 17.8. The second-order valence-electron chi connectivity index (χ2n) is 5.31. The Balaban J connectivity index is 3.86. The Labute approximate surface area is 114 Å². The second kappa shape index (κ2) is 8.82. The maximum absolute atomic E-state index is 11.6. The molecule has 0 aliphatic rings. The molecule has 0 heterocycles. The molecule has 19 heavy (non-hydrogen) atoms. The van der Waals surface area contributed by atoms with E-state index in [-0.39, 0.29) is 12.4 Å². The molecule has 5 nitrogen and oxygen atoms in total. The highest BCUT2D eigenvalue weighted by molar-refractivity contribution is 5.81. The molecule has 0 aliphatic carbocycles. The van der Waals surface area contributed by atoms with Gasteiger partial charge in [-0.15, -0.1) is 6.58 Å². The van der Waals surface area contributed by atoms with E-state index in [4.69, 9.17) is 5.11 Å². The van der Waals surface area contributed by atoms with Crippen molar-refractivity contribution in [1.82, 2.24) is 5.32 Å². The maximum atomic E-state index is 11.6. The van der Waals surface area contributed by atoms with Crippen molar-refractivity contribution >= 4 is 11.7 Å². The number of hydrogen-bond donors (Lipinski definition) is 3. The van der Waals surface area contributed by atoms with Crippen LogP contribution in [0.3, 0.4) is 0 Å². The van der Waals surface area contributed by atoms with Crippen LogP contribution in [0.1, 0.15) is 39.5 Å². The molecule has 0 saturated carbocycles. The summed E-state index contributed by atoms with van der Waals surface area (Å²) >= 11 is 0. The van der Waals surface area contributed by atoms with Crippen LogP contribution in [0.4, 0.5) is 0 Å². The van der Waals surface area contributed by atoms with Crippen molar-refractivity contribution in [2.24, 2.45) is 5.41 Å². The van der Waals surface area contributed by atoms with Gasteiger partial charge in [-0.3, -0.25) is 9.59 Å². The molecule has 3 N–H and O–H groups in total. The standard InChI is InChI=1S/C14H25NO4/c1-4-5-7-11(17)8-6-9-15-13(19)12(18)14(2,3)10-16/h4,12,16,18H,1,5-10H2,2-3H3,(H,15,19)/t12-/m0/s1. The van der Waals surface area contributed by atoms with Crippen LogP contribution in [0.25, 0.3) is 0 Å². The molecule has 5 heteroatoms. The minimum Gasteiger partial charge on any atom is -0.396 e. The summed E-state index contributed by atoms with van der Waals surface area (Å²) in [4.78, 5) is 22.9. The average molecular weight is 271 g/mol. The quantitative estimate of drug-likeness (QED) is 0.405. The number of rotatable bonds is 10. The molecule has 0 saturated heterocycles. The average Bonchev–Trinajstić information content (AvgIpc) is 2.39. The van der Waals surface area contributed by atoms with Gasteiger partial charge in [-0.1, -0.05) is 19.9 Å². The lowest BCUT2D eigenvalue weighted by Gasteiger charge is -2.27. The van der Waals surface area contributed by atoms with Gasteiger partial charge in [-0.2, -0.15) is 0 Å². The minimum atomic E-state index is -1.26. The molecule has 0 rings (SSSR count). The Bertz CT molecular complexity index is 313. The molecular weight excluding hydrogens is 246 g/mol. The summed E-state index contributed by atoms with van der Waals surface area (Å²) in [7, 11) is 0. The number of ketones is 1. The number of nitrogens with one attached hydrogen (secondary N) is 1. The van der Waals surface area contributed by atoms with E-state index in [1.54, 1.807) is 19.9 Å². The molecule has 0 spiro atoms. The number of amides is 1. The molecule has 1 atom stereocenters. The summed E-state index contributed by atoms with van der Waals surface area (Å²) < 4.78 is 0. The molecule has 0 aliphatic heterocycles. The normalized spacial score (nSPS) is 12.8. The second-order valence-corrected chi connectivity index (χ2v) is 5.31. The fourth-order valence-corrected chi connectivity index (χ4v) is 1.42. The zero-order valence-corrected chi connectivity index (χ0v) is 11.8. The first-order valence-corrected chi connectivity index (χ1v) is 6.54. The van der Waals surface area contributed by atoms with Crippen molar-refractivity contribution in [3.63, 3.8) is 0 Å². The molecule has 0 aromatic heterocycles. The molecule has 0 unspecified atom stereocenters. The van der Waals surface area contributed by atoms with Crippen LogP contribution in [0.2, 0.25) is 0 Å². The van der Waals surface area contributed by atoms with Crippen LogP contribution >= 0.6 is 0 Å². The van der Waals surface area contributed by atoms with E-state index in [2.05, 4.69) is 11.9 Å². The first-order chi connectivity index (χ1) is 8.85. The lowest BCUT2D eigenvalue weighted by atomic mass is 9.87. The predicted molar refractivity (Wildman–Crippen MR) is 73.6 cm³/mol. The van der Waals surface area contributed by atoms with Gasteiger partial charge in [0.2, 0.25) is 5.91 Å². The van der Waals surface area contributed by atoms with E-state index in [1.165, 1.54) is 0 Å². The number of allylic oxidation sites excluding steroid dienone is 1. The summed E-state index contributed by atoms with van der Waals surface area (Å²) in [5.74, 6) is -0.372. The van der Waals surface area contributed by atoms with Crippen LogP contribution in [0.5, 0.6) is 0 Å². The molecule has 0 aromatic rings. The largest absolute Gasteiger partial charge is 0.396 e. The van der Waals surface area contributed by atoms with Gasteiger partial charge < -0.3 is 15.5 Å². The molecule has 0 fully saturated rings. The first-order valence-electron chi connectivity index (χ1n) is 6.54. The molecule has 0 radical (unpaired) electrons. The van der Waals surface area contributed by atoms with E-state index < -0.39 is 17.4 Å². The Hall–Kier alpha value is -1.20. The van der Waals surface area contributed by atoms with Crippen LogP contribution < -0.4 is 5.32 Å². The third kappa shape index (κ3) is 7.08. The van der Waals surface area contributed by atoms with Crippen molar-refractivity contribution in [3.05, 3.63) is 12.7 Å². The van der Waals surface area contributed by atoms with Crippen LogP contribution in [-0.2, 0) is 9.59 Å². The Morgan fingerprint density at radius 3 is 2.53 bits per heavy atom. The monoisotopic (exact) mass is 271 g/mol. The SMILES string of the molecule is C=CCCC(=O)CCCNC(=O)[C@H](O)C(C)(C)CO. The highest BCUT2D eigenvalue weighted by atomic mass is 16.3. The van der Waals surface area contributed by atoms with Gasteiger partial charge in [0.25, 0.3) is 0 Å². The van der Waals surface area contributed by atoms with Crippen LogP contribution in [0, 0.1) is 5.41 Å².